The molecule has 0 saturated heterocycles. The van der Waals surface area contributed by atoms with E-state index in [9.17, 15) is 29.1 Å². The van der Waals surface area contributed by atoms with Gasteiger partial charge in [-0.15, -0.1) is 0 Å². The van der Waals surface area contributed by atoms with Crippen LogP contribution in [0.3, 0.4) is 0 Å². The molecule has 210 valence electrons. The summed E-state index contributed by atoms with van der Waals surface area (Å²) in [4.78, 5) is 62.7. The van der Waals surface area contributed by atoms with Crippen LogP contribution in [0, 0.1) is 5.92 Å². The molecule has 11 heteroatoms. The zero-order valence-electron chi connectivity index (χ0n) is 22.1. The van der Waals surface area contributed by atoms with Gasteiger partial charge in [-0.1, -0.05) is 74.5 Å². The molecular weight excluding hydrogens is 502 g/mol. The van der Waals surface area contributed by atoms with Crippen molar-refractivity contribution < 1.29 is 29.1 Å². The molecule has 0 heterocycles. The van der Waals surface area contributed by atoms with Crippen LogP contribution in [0.15, 0.2) is 60.7 Å². The van der Waals surface area contributed by atoms with Crippen LogP contribution in [0.4, 0.5) is 0 Å². The van der Waals surface area contributed by atoms with Crippen LogP contribution >= 0.6 is 0 Å². The van der Waals surface area contributed by atoms with Gasteiger partial charge in [0.15, 0.2) is 0 Å². The molecule has 0 aliphatic rings. The second-order valence-electron chi connectivity index (χ2n) is 9.81. The van der Waals surface area contributed by atoms with E-state index in [0.29, 0.717) is 12.0 Å². The lowest BCUT2D eigenvalue weighted by Gasteiger charge is -2.25. The first-order valence-electron chi connectivity index (χ1n) is 12.7. The second kappa shape index (κ2) is 15.2. The Morgan fingerprint density at radius 3 is 1.62 bits per heavy atom. The smallest absolute Gasteiger partial charge is 0.326 e. The van der Waals surface area contributed by atoms with Crippen molar-refractivity contribution in [3.05, 3.63) is 71.8 Å². The van der Waals surface area contributed by atoms with E-state index in [1.807, 2.05) is 13.8 Å². The monoisotopic (exact) mass is 539 g/mol. The Morgan fingerprint density at radius 1 is 0.718 bits per heavy atom. The van der Waals surface area contributed by atoms with Gasteiger partial charge in [0.1, 0.15) is 18.1 Å². The SMILES string of the molecule is CC(C)CC(N)C(=O)NC(Cc1ccccc1)C(=O)NC(CC(N)=O)C(=O)NC(Cc1ccccc1)C(=O)O. The molecule has 2 rings (SSSR count). The number of carboxylic acids is 1. The number of rotatable bonds is 15. The number of nitrogens with two attached hydrogens (primary N) is 2. The van der Waals surface area contributed by atoms with E-state index in [0.717, 1.165) is 5.56 Å². The fourth-order valence-corrected chi connectivity index (χ4v) is 3.96. The Kier molecular flexibility index (Phi) is 12.1. The molecule has 0 radical (unpaired) electrons. The molecule has 4 unspecified atom stereocenters. The Labute approximate surface area is 227 Å². The predicted molar refractivity (Wildman–Crippen MR) is 145 cm³/mol. The van der Waals surface area contributed by atoms with Gasteiger partial charge < -0.3 is 32.5 Å². The van der Waals surface area contributed by atoms with Crippen LogP contribution < -0.4 is 27.4 Å². The van der Waals surface area contributed by atoms with Crippen molar-refractivity contribution in [2.75, 3.05) is 0 Å². The fraction of sp³-hybridized carbons (Fsp3) is 0.393. The number of benzene rings is 2. The topological polar surface area (TPSA) is 194 Å². The largest absolute Gasteiger partial charge is 0.480 e. The summed E-state index contributed by atoms with van der Waals surface area (Å²) in [5.41, 5.74) is 12.7. The van der Waals surface area contributed by atoms with Gasteiger partial charge in [0.2, 0.25) is 23.6 Å². The standard InChI is InChI=1S/C28H37N5O6/c1-17(2)13-20(29)25(35)31-21(14-18-9-5-3-6-10-18)26(36)32-22(16-24(30)34)27(37)33-23(28(38)39)15-19-11-7-4-8-12-19/h3-12,17,20-23H,13-16,29H2,1-2H3,(H2,30,34)(H,31,35)(H,32,36)(H,33,37)(H,38,39). The number of carbonyl (C=O) groups is 5. The lowest BCUT2D eigenvalue weighted by molar-refractivity contribution is -0.142. The third-order valence-corrected chi connectivity index (χ3v) is 5.91. The molecule has 8 N–H and O–H groups in total. The number of aliphatic carboxylic acids is 1. The summed E-state index contributed by atoms with van der Waals surface area (Å²) in [6.07, 6.45) is -0.104. The van der Waals surface area contributed by atoms with Crippen LogP contribution in [0.25, 0.3) is 0 Å². The maximum Gasteiger partial charge on any atom is 0.326 e. The van der Waals surface area contributed by atoms with Crippen LogP contribution in [-0.2, 0) is 36.8 Å². The molecule has 0 bridgehead atoms. The van der Waals surface area contributed by atoms with Crippen LogP contribution in [-0.4, -0.2) is 58.9 Å². The van der Waals surface area contributed by atoms with Gasteiger partial charge in [0.25, 0.3) is 0 Å². The number of carboxylic acid groups (broad SMARTS) is 1. The molecule has 0 aliphatic carbocycles. The van der Waals surface area contributed by atoms with Crippen LogP contribution in [0.2, 0.25) is 0 Å². The quantitative estimate of drug-likeness (QED) is 0.187. The van der Waals surface area contributed by atoms with E-state index in [1.165, 1.54) is 0 Å². The van der Waals surface area contributed by atoms with E-state index < -0.39 is 60.2 Å². The Hall–Kier alpha value is -4.25. The van der Waals surface area contributed by atoms with E-state index in [2.05, 4.69) is 16.0 Å². The van der Waals surface area contributed by atoms with Crippen molar-refractivity contribution in [2.45, 2.75) is 63.7 Å². The minimum atomic E-state index is -1.47. The predicted octanol–water partition coefficient (Wildman–Crippen LogP) is 0.260. The summed E-state index contributed by atoms with van der Waals surface area (Å²) in [5, 5.41) is 17.1. The average Bonchev–Trinajstić information content (AvgIpc) is 2.87. The number of nitrogens with one attached hydrogen (secondary N) is 3. The average molecular weight is 540 g/mol. The second-order valence-corrected chi connectivity index (χ2v) is 9.81. The number of amides is 4. The number of carbonyl (C=O) groups excluding carboxylic acids is 4. The molecule has 0 aromatic heterocycles. The molecule has 0 fully saturated rings. The Bertz CT molecular complexity index is 1130. The third kappa shape index (κ3) is 10.9. The van der Waals surface area contributed by atoms with E-state index in [4.69, 9.17) is 11.5 Å². The molecule has 39 heavy (non-hydrogen) atoms. The molecule has 0 spiro atoms. The van der Waals surface area contributed by atoms with Crippen molar-refractivity contribution in [1.29, 1.82) is 0 Å². The fourth-order valence-electron chi connectivity index (χ4n) is 3.96. The van der Waals surface area contributed by atoms with Crippen molar-refractivity contribution in [3.63, 3.8) is 0 Å². The van der Waals surface area contributed by atoms with Gasteiger partial charge in [0.05, 0.1) is 12.5 Å². The summed E-state index contributed by atoms with van der Waals surface area (Å²) in [7, 11) is 0. The van der Waals surface area contributed by atoms with Gasteiger partial charge in [-0.2, -0.15) is 0 Å². The summed E-state index contributed by atoms with van der Waals surface area (Å²) in [6.45, 7) is 3.83. The normalized spacial score (nSPS) is 13.9. The van der Waals surface area contributed by atoms with Gasteiger partial charge in [-0.3, -0.25) is 19.2 Å². The molecular formula is C28H37N5O6. The van der Waals surface area contributed by atoms with E-state index in [1.54, 1.807) is 60.7 Å². The zero-order valence-corrected chi connectivity index (χ0v) is 22.1. The first kappa shape index (κ1) is 31.0. The van der Waals surface area contributed by atoms with Crippen molar-refractivity contribution >= 4 is 29.6 Å². The lowest BCUT2D eigenvalue weighted by Crippen LogP contribution is -2.58. The number of hydrogen-bond donors (Lipinski definition) is 6. The zero-order chi connectivity index (χ0) is 28.9. The van der Waals surface area contributed by atoms with Crippen LogP contribution in [0.5, 0.6) is 0 Å². The van der Waals surface area contributed by atoms with E-state index >= 15 is 0 Å². The summed E-state index contributed by atoms with van der Waals surface area (Å²) in [5.74, 6) is -4.21. The highest BCUT2D eigenvalue weighted by atomic mass is 16.4. The van der Waals surface area contributed by atoms with Gasteiger partial charge in [-0.05, 0) is 23.5 Å². The van der Waals surface area contributed by atoms with Crippen molar-refractivity contribution in [1.82, 2.24) is 16.0 Å². The molecule has 4 atom stereocenters. The maximum atomic E-state index is 13.3. The highest BCUT2D eigenvalue weighted by Crippen LogP contribution is 2.08. The molecule has 2 aromatic rings. The highest BCUT2D eigenvalue weighted by molar-refractivity contribution is 5.96. The lowest BCUT2D eigenvalue weighted by atomic mass is 10.0. The summed E-state index contributed by atoms with van der Waals surface area (Å²) < 4.78 is 0. The summed E-state index contributed by atoms with van der Waals surface area (Å²) in [6, 6.07) is 12.8. The number of hydrogen-bond acceptors (Lipinski definition) is 6. The first-order chi connectivity index (χ1) is 18.5. The molecule has 4 amide bonds. The summed E-state index contributed by atoms with van der Waals surface area (Å²) >= 11 is 0. The minimum absolute atomic E-state index is 0.0143. The van der Waals surface area contributed by atoms with Crippen molar-refractivity contribution in [3.8, 4) is 0 Å². The number of primary amides is 1. The van der Waals surface area contributed by atoms with Gasteiger partial charge in [-0.25, -0.2) is 4.79 Å². The Morgan fingerprint density at radius 2 is 1.15 bits per heavy atom. The molecule has 0 saturated carbocycles. The molecule has 2 aromatic carbocycles. The Balaban J connectivity index is 2.22. The first-order valence-corrected chi connectivity index (χ1v) is 12.7. The minimum Gasteiger partial charge on any atom is -0.480 e. The molecule has 11 nitrogen and oxygen atoms in total. The highest BCUT2D eigenvalue weighted by Gasteiger charge is 2.31. The maximum absolute atomic E-state index is 13.3. The van der Waals surface area contributed by atoms with Crippen molar-refractivity contribution in [2.24, 2.45) is 17.4 Å². The van der Waals surface area contributed by atoms with E-state index in [-0.39, 0.29) is 18.8 Å². The van der Waals surface area contributed by atoms with Gasteiger partial charge in [0, 0.05) is 12.8 Å². The third-order valence-electron chi connectivity index (χ3n) is 5.91. The van der Waals surface area contributed by atoms with Crippen LogP contribution in [0.1, 0.15) is 37.8 Å². The van der Waals surface area contributed by atoms with Gasteiger partial charge >= 0.3 is 5.97 Å². The molecule has 0 aliphatic heterocycles.